The van der Waals surface area contributed by atoms with E-state index in [2.05, 4.69) is 10.2 Å². The number of nitrogens with one attached hydrogen (secondary N) is 1. The standard InChI is InChI=1S/C17H31N3O/c1-19(2)16(21)18-15-11-17(12-15)7-9-20(10-8-17)13-14-5-3-4-6-14/h14-15H,3-13H2,1-2H3,(H,18,21). The van der Waals surface area contributed by atoms with Gasteiger partial charge in [-0.3, -0.25) is 0 Å². The summed E-state index contributed by atoms with van der Waals surface area (Å²) in [7, 11) is 3.62. The van der Waals surface area contributed by atoms with Crippen LogP contribution >= 0.6 is 0 Å². The molecule has 1 N–H and O–H groups in total. The molecule has 0 radical (unpaired) electrons. The second-order valence-electron chi connectivity index (χ2n) is 7.90. The van der Waals surface area contributed by atoms with Gasteiger partial charge in [-0.05, 0) is 62.9 Å². The van der Waals surface area contributed by atoms with Gasteiger partial charge in [0.15, 0.2) is 0 Å². The fourth-order valence-corrected chi connectivity index (χ4v) is 4.57. The molecular formula is C17H31N3O. The molecule has 0 aromatic rings. The Labute approximate surface area is 129 Å². The number of carbonyl (C=O) groups excluding carboxylic acids is 1. The maximum absolute atomic E-state index is 11.7. The fraction of sp³-hybridized carbons (Fsp3) is 0.941. The molecule has 2 amide bonds. The van der Waals surface area contributed by atoms with Crippen LogP contribution in [0.25, 0.3) is 0 Å². The lowest BCUT2D eigenvalue weighted by atomic mass is 9.60. The summed E-state index contributed by atoms with van der Waals surface area (Å²) in [5, 5.41) is 3.13. The monoisotopic (exact) mass is 293 g/mol. The van der Waals surface area contributed by atoms with E-state index < -0.39 is 0 Å². The van der Waals surface area contributed by atoms with E-state index in [0.29, 0.717) is 11.5 Å². The van der Waals surface area contributed by atoms with Crippen LogP contribution in [0, 0.1) is 11.3 Å². The van der Waals surface area contributed by atoms with Crippen molar-refractivity contribution in [2.45, 2.75) is 57.4 Å². The molecule has 0 unspecified atom stereocenters. The van der Waals surface area contributed by atoms with Crippen molar-refractivity contribution in [2.75, 3.05) is 33.7 Å². The van der Waals surface area contributed by atoms with Gasteiger partial charge in [0.1, 0.15) is 0 Å². The summed E-state index contributed by atoms with van der Waals surface area (Å²) in [5.74, 6) is 0.979. The van der Waals surface area contributed by atoms with E-state index in [4.69, 9.17) is 0 Å². The molecule has 3 fully saturated rings. The largest absolute Gasteiger partial charge is 0.335 e. The SMILES string of the molecule is CN(C)C(=O)NC1CC2(CCN(CC3CCCC3)CC2)C1. The van der Waals surface area contributed by atoms with E-state index >= 15 is 0 Å². The number of likely N-dealkylation sites (tertiary alicyclic amines) is 1. The molecule has 0 atom stereocenters. The minimum Gasteiger partial charge on any atom is -0.335 e. The zero-order valence-corrected chi connectivity index (χ0v) is 13.7. The second kappa shape index (κ2) is 6.15. The van der Waals surface area contributed by atoms with Crippen LogP contribution in [0.15, 0.2) is 0 Å². The Morgan fingerprint density at radius 2 is 1.81 bits per heavy atom. The average Bonchev–Trinajstić information content (AvgIpc) is 2.92. The number of carbonyl (C=O) groups is 1. The van der Waals surface area contributed by atoms with Crippen LogP contribution in [0.4, 0.5) is 4.79 Å². The van der Waals surface area contributed by atoms with Crippen LogP contribution < -0.4 is 5.32 Å². The Morgan fingerprint density at radius 3 is 2.38 bits per heavy atom. The quantitative estimate of drug-likeness (QED) is 0.868. The highest BCUT2D eigenvalue weighted by atomic mass is 16.2. The van der Waals surface area contributed by atoms with E-state index in [0.717, 1.165) is 5.92 Å². The minimum atomic E-state index is 0.0634. The van der Waals surface area contributed by atoms with E-state index in [1.807, 2.05) is 14.1 Å². The summed E-state index contributed by atoms with van der Waals surface area (Å²) in [6.07, 6.45) is 10.9. The Balaban J connectivity index is 1.37. The van der Waals surface area contributed by atoms with Gasteiger partial charge in [0, 0.05) is 26.7 Å². The highest BCUT2D eigenvalue weighted by Gasteiger charge is 2.46. The molecule has 3 rings (SSSR count). The van der Waals surface area contributed by atoms with Crippen LogP contribution in [-0.4, -0.2) is 55.6 Å². The third-order valence-corrected chi connectivity index (χ3v) is 6.00. The van der Waals surface area contributed by atoms with Gasteiger partial charge < -0.3 is 15.1 Å². The normalized spacial score (nSPS) is 26.8. The van der Waals surface area contributed by atoms with E-state index in [1.54, 1.807) is 4.90 Å². The highest BCUT2D eigenvalue weighted by Crippen LogP contribution is 2.49. The predicted molar refractivity (Wildman–Crippen MR) is 85.3 cm³/mol. The maximum atomic E-state index is 11.7. The molecule has 0 aromatic carbocycles. The summed E-state index contributed by atoms with van der Waals surface area (Å²) in [5.41, 5.74) is 0.552. The Hall–Kier alpha value is -0.770. The Morgan fingerprint density at radius 1 is 1.19 bits per heavy atom. The van der Waals surface area contributed by atoms with Gasteiger partial charge in [-0.15, -0.1) is 0 Å². The molecule has 1 heterocycles. The number of nitrogens with zero attached hydrogens (tertiary/aromatic N) is 2. The summed E-state index contributed by atoms with van der Waals surface area (Å²) in [6, 6.07) is 0.481. The lowest BCUT2D eigenvalue weighted by Crippen LogP contribution is -2.56. The Bertz CT molecular complexity index is 360. The highest BCUT2D eigenvalue weighted by molar-refractivity contribution is 5.74. The van der Waals surface area contributed by atoms with Crippen molar-refractivity contribution < 1.29 is 4.79 Å². The molecule has 3 aliphatic rings. The first kappa shape index (κ1) is 15.1. The van der Waals surface area contributed by atoms with Crippen LogP contribution in [0.1, 0.15) is 51.4 Å². The van der Waals surface area contributed by atoms with Crippen LogP contribution in [0.2, 0.25) is 0 Å². The van der Waals surface area contributed by atoms with E-state index in [-0.39, 0.29) is 6.03 Å². The van der Waals surface area contributed by atoms with Gasteiger partial charge >= 0.3 is 6.03 Å². The second-order valence-corrected chi connectivity index (χ2v) is 7.90. The topological polar surface area (TPSA) is 35.6 Å². The van der Waals surface area contributed by atoms with Gasteiger partial charge in [0.05, 0.1) is 0 Å². The van der Waals surface area contributed by atoms with Crippen LogP contribution in [0.5, 0.6) is 0 Å². The van der Waals surface area contributed by atoms with Crippen LogP contribution in [-0.2, 0) is 0 Å². The number of hydrogen-bond acceptors (Lipinski definition) is 2. The van der Waals surface area contributed by atoms with Crippen molar-refractivity contribution in [3.8, 4) is 0 Å². The van der Waals surface area contributed by atoms with Crippen molar-refractivity contribution >= 4 is 6.03 Å². The number of amides is 2. The van der Waals surface area contributed by atoms with Crippen molar-refractivity contribution in [3.05, 3.63) is 0 Å². The summed E-state index contributed by atoms with van der Waals surface area (Å²) >= 11 is 0. The first-order valence-corrected chi connectivity index (χ1v) is 8.76. The van der Waals surface area contributed by atoms with Gasteiger partial charge in [-0.2, -0.15) is 0 Å². The van der Waals surface area contributed by atoms with Gasteiger partial charge in [-0.25, -0.2) is 4.79 Å². The number of rotatable bonds is 3. The molecule has 4 nitrogen and oxygen atoms in total. The lowest BCUT2D eigenvalue weighted by molar-refractivity contribution is 0.00475. The van der Waals surface area contributed by atoms with Crippen molar-refractivity contribution in [2.24, 2.45) is 11.3 Å². The molecular weight excluding hydrogens is 262 g/mol. The zero-order chi connectivity index (χ0) is 14.9. The summed E-state index contributed by atoms with van der Waals surface area (Å²) in [4.78, 5) is 16.0. The minimum absolute atomic E-state index is 0.0634. The average molecular weight is 293 g/mol. The molecule has 1 spiro atoms. The number of hydrogen-bond donors (Lipinski definition) is 1. The number of urea groups is 1. The molecule has 21 heavy (non-hydrogen) atoms. The predicted octanol–water partition coefficient (Wildman–Crippen LogP) is 2.69. The molecule has 2 saturated carbocycles. The molecule has 4 heteroatoms. The third-order valence-electron chi connectivity index (χ3n) is 6.00. The first-order valence-electron chi connectivity index (χ1n) is 8.76. The van der Waals surface area contributed by atoms with Gasteiger partial charge in [0.25, 0.3) is 0 Å². The molecule has 1 aliphatic heterocycles. The first-order chi connectivity index (χ1) is 10.1. The smallest absolute Gasteiger partial charge is 0.317 e. The summed E-state index contributed by atoms with van der Waals surface area (Å²) in [6.45, 7) is 3.91. The molecule has 0 bridgehead atoms. The van der Waals surface area contributed by atoms with E-state index in [1.165, 1.54) is 71.0 Å². The Kier molecular flexibility index (Phi) is 4.43. The molecule has 1 saturated heterocycles. The van der Waals surface area contributed by atoms with Gasteiger partial charge in [-0.1, -0.05) is 12.8 Å². The molecule has 2 aliphatic carbocycles. The van der Waals surface area contributed by atoms with Crippen molar-refractivity contribution in [1.82, 2.24) is 15.1 Å². The van der Waals surface area contributed by atoms with Crippen LogP contribution in [0.3, 0.4) is 0 Å². The van der Waals surface area contributed by atoms with E-state index in [9.17, 15) is 4.79 Å². The van der Waals surface area contributed by atoms with Gasteiger partial charge in [0.2, 0.25) is 0 Å². The third kappa shape index (κ3) is 3.53. The fourth-order valence-electron chi connectivity index (χ4n) is 4.57. The number of piperidine rings is 1. The van der Waals surface area contributed by atoms with Crippen molar-refractivity contribution in [3.63, 3.8) is 0 Å². The molecule has 120 valence electrons. The molecule has 0 aromatic heterocycles. The zero-order valence-electron chi connectivity index (χ0n) is 13.7. The van der Waals surface area contributed by atoms with Crippen molar-refractivity contribution in [1.29, 1.82) is 0 Å². The summed E-state index contributed by atoms with van der Waals surface area (Å²) < 4.78 is 0. The maximum Gasteiger partial charge on any atom is 0.317 e. The lowest BCUT2D eigenvalue weighted by Gasteiger charge is -2.52.